The molecule has 1 amide bonds. The predicted molar refractivity (Wildman–Crippen MR) is 131 cm³/mol. The average Bonchev–Trinajstić information content (AvgIpc) is 3.64. The number of fused-ring (bicyclic) bond motifs is 1. The van der Waals surface area contributed by atoms with E-state index in [2.05, 4.69) is 5.32 Å². The highest BCUT2D eigenvalue weighted by Crippen LogP contribution is 2.30. The molecule has 0 spiro atoms. The molecule has 0 saturated carbocycles. The first-order chi connectivity index (χ1) is 17.2. The average molecular weight is 472 g/mol. The monoisotopic (exact) mass is 471 g/mol. The van der Waals surface area contributed by atoms with Gasteiger partial charge in [0.25, 0.3) is 5.91 Å². The summed E-state index contributed by atoms with van der Waals surface area (Å²) < 4.78 is 18.3. The Morgan fingerprint density at radius 2 is 1.97 bits per heavy atom. The lowest BCUT2D eigenvalue weighted by Gasteiger charge is -2.10. The van der Waals surface area contributed by atoms with E-state index in [0.717, 1.165) is 36.1 Å². The number of aromatic nitrogens is 2. The first-order valence-corrected chi connectivity index (χ1v) is 11.5. The third-order valence-electron chi connectivity index (χ3n) is 5.72. The van der Waals surface area contributed by atoms with Crippen LogP contribution in [-0.4, -0.2) is 47.5 Å². The molecule has 0 aliphatic carbocycles. The molecule has 1 N–H and O–H groups in total. The number of hydrogen-bond acceptors (Lipinski definition) is 6. The Bertz CT molecular complexity index is 1320. The van der Waals surface area contributed by atoms with Crippen molar-refractivity contribution < 1.29 is 23.5 Å². The molecule has 1 aliphatic heterocycles. The topological polar surface area (TPSA) is 95.6 Å². The highest BCUT2D eigenvalue weighted by Gasteiger charge is 2.17. The largest absolute Gasteiger partial charge is 0.454 e. The molecule has 8 heteroatoms. The number of rotatable bonds is 8. The normalized spacial score (nSPS) is 15.6. The van der Waals surface area contributed by atoms with Crippen molar-refractivity contribution in [2.45, 2.75) is 18.9 Å². The van der Waals surface area contributed by atoms with Crippen molar-refractivity contribution in [1.29, 1.82) is 0 Å². The summed E-state index contributed by atoms with van der Waals surface area (Å²) in [4.78, 5) is 24.3. The summed E-state index contributed by atoms with van der Waals surface area (Å²) in [5.74, 6) is -0.398. The fraction of sp³-hybridized carbons (Fsp3) is 0.222. The summed E-state index contributed by atoms with van der Waals surface area (Å²) in [5, 5.41) is 8.39. The lowest BCUT2D eigenvalue weighted by Crippen LogP contribution is -2.34. The molecule has 2 aromatic carbocycles. The fourth-order valence-corrected chi connectivity index (χ4v) is 3.94. The Morgan fingerprint density at radius 1 is 1.14 bits per heavy atom. The second-order valence-electron chi connectivity index (χ2n) is 8.24. The number of furan rings is 1. The number of carbonyl (C=O) groups excluding carboxylic acids is 2. The van der Waals surface area contributed by atoms with Gasteiger partial charge in [-0.15, -0.1) is 0 Å². The molecular formula is C27H25N3O5. The number of nitrogens with zero attached hydrogens (tertiary/aromatic N) is 2. The molecule has 1 saturated heterocycles. The van der Waals surface area contributed by atoms with Crippen molar-refractivity contribution in [1.82, 2.24) is 15.1 Å². The minimum absolute atomic E-state index is 0.0346. The zero-order valence-corrected chi connectivity index (χ0v) is 19.1. The molecule has 0 bridgehead atoms. The van der Waals surface area contributed by atoms with Gasteiger partial charge in [-0.1, -0.05) is 36.4 Å². The van der Waals surface area contributed by atoms with Crippen LogP contribution in [0.2, 0.25) is 0 Å². The highest BCUT2D eigenvalue weighted by molar-refractivity contribution is 5.91. The molecule has 5 rings (SSSR count). The van der Waals surface area contributed by atoms with Crippen LogP contribution in [0.15, 0.2) is 77.4 Å². The van der Waals surface area contributed by atoms with Gasteiger partial charge in [0.2, 0.25) is 0 Å². The molecular weight excluding hydrogens is 446 g/mol. The van der Waals surface area contributed by atoms with Crippen LogP contribution in [0.1, 0.15) is 18.4 Å². The SMILES string of the molecule is O=C(COC(=O)C=Cc1cn(-c2ccccc2)nc1-c1cc2ccccc2o1)NCC1CCCO1. The van der Waals surface area contributed by atoms with E-state index < -0.39 is 5.97 Å². The van der Waals surface area contributed by atoms with E-state index in [1.165, 1.54) is 6.08 Å². The Kier molecular flexibility index (Phi) is 6.72. The summed E-state index contributed by atoms with van der Waals surface area (Å²) in [6.07, 6.45) is 6.67. The van der Waals surface area contributed by atoms with E-state index in [1.54, 1.807) is 10.8 Å². The number of hydrogen-bond donors (Lipinski definition) is 1. The fourth-order valence-electron chi connectivity index (χ4n) is 3.94. The van der Waals surface area contributed by atoms with Crippen LogP contribution >= 0.6 is 0 Å². The lowest BCUT2D eigenvalue weighted by atomic mass is 10.2. The molecule has 4 aromatic rings. The third-order valence-corrected chi connectivity index (χ3v) is 5.72. The maximum absolute atomic E-state index is 12.3. The van der Waals surface area contributed by atoms with E-state index in [0.29, 0.717) is 23.6 Å². The Balaban J connectivity index is 1.30. The predicted octanol–water partition coefficient (Wildman–Crippen LogP) is 4.14. The quantitative estimate of drug-likeness (QED) is 0.307. The minimum Gasteiger partial charge on any atom is -0.454 e. The Hall–Kier alpha value is -4.17. The number of nitrogens with one attached hydrogen (secondary N) is 1. The number of carbonyl (C=O) groups is 2. The Labute approximate surface area is 202 Å². The second-order valence-corrected chi connectivity index (χ2v) is 8.24. The summed E-state index contributed by atoms with van der Waals surface area (Å²) in [6.45, 7) is 0.790. The van der Waals surface area contributed by atoms with Gasteiger partial charge in [0.1, 0.15) is 11.3 Å². The Morgan fingerprint density at radius 3 is 2.77 bits per heavy atom. The maximum Gasteiger partial charge on any atom is 0.331 e. The summed E-state index contributed by atoms with van der Waals surface area (Å²) in [7, 11) is 0. The number of ether oxygens (including phenoxy) is 2. The van der Waals surface area contributed by atoms with Crippen molar-refractivity contribution in [3.63, 3.8) is 0 Å². The van der Waals surface area contributed by atoms with Gasteiger partial charge in [0.15, 0.2) is 12.4 Å². The van der Waals surface area contributed by atoms with Crippen LogP contribution in [0.4, 0.5) is 0 Å². The van der Waals surface area contributed by atoms with Gasteiger partial charge in [0.05, 0.1) is 11.8 Å². The number of amides is 1. The van der Waals surface area contributed by atoms with E-state index in [1.807, 2.05) is 66.9 Å². The third kappa shape index (κ3) is 5.50. The van der Waals surface area contributed by atoms with Crippen LogP contribution in [0.25, 0.3) is 34.2 Å². The number of esters is 1. The summed E-state index contributed by atoms with van der Waals surface area (Å²) >= 11 is 0. The van der Waals surface area contributed by atoms with Gasteiger partial charge < -0.3 is 19.2 Å². The molecule has 3 heterocycles. The van der Waals surface area contributed by atoms with E-state index >= 15 is 0 Å². The molecule has 2 aromatic heterocycles. The molecule has 8 nitrogen and oxygen atoms in total. The van der Waals surface area contributed by atoms with Gasteiger partial charge in [-0.05, 0) is 43.2 Å². The van der Waals surface area contributed by atoms with Crippen LogP contribution < -0.4 is 5.32 Å². The van der Waals surface area contributed by atoms with Crippen LogP contribution in [0.5, 0.6) is 0 Å². The van der Waals surface area contributed by atoms with Gasteiger partial charge >= 0.3 is 5.97 Å². The van der Waals surface area contributed by atoms with Crippen LogP contribution in [-0.2, 0) is 19.1 Å². The molecule has 1 aliphatic rings. The van der Waals surface area contributed by atoms with E-state index in [-0.39, 0.29) is 18.6 Å². The number of para-hydroxylation sites is 2. The van der Waals surface area contributed by atoms with Gasteiger partial charge in [0, 0.05) is 36.4 Å². The van der Waals surface area contributed by atoms with Gasteiger partial charge in [-0.25, -0.2) is 9.48 Å². The molecule has 35 heavy (non-hydrogen) atoms. The molecule has 1 fully saturated rings. The van der Waals surface area contributed by atoms with Crippen LogP contribution in [0, 0.1) is 0 Å². The van der Waals surface area contributed by atoms with E-state index in [9.17, 15) is 9.59 Å². The minimum atomic E-state index is -0.625. The van der Waals surface area contributed by atoms with Crippen LogP contribution in [0.3, 0.4) is 0 Å². The van der Waals surface area contributed by atoms with Crippen molar-refractivity contribution >= 4 is 28.9 Å². The molecule has 178 valence electrons. The summed E-state index contributed by atoms with van der Waals surface area (Å²) in [5.41, 5.74) is 2.88. The molecule has 1 unspecified atom stereocenters. The van der Waals surface area contributed by atoms with Gasteiger partial charge in [-0.2, -0.15) is 5.10 Å². The maximum atomic E-state index is 12.3. The smallest absolute Gasteiger partial charge is 0.331 e. The lowest BCUT2D eigenvalue weighted by molar-refractivity contribution is -0.143. The molecule has 0 radical (unpaired) electrons. The van der Waals surface area contributed by atoms with Crippen molar-refractivity contribution in [2.24, 2.45) is 0 Å². The molecule has 1 atom stereocenters. The second kappa shape index (κ2) is 10.4. The zero-order chi connectivity index (χ0) is 24.0. The van der Waals surface area contributed by atoms with E-state index in [4.69, 9.17) is 19.0 Å². The van der Waals surface area contributed by atoms with Crippen molar-refractivity contribution in [2.75, 3.05) is 19.8 Å². The standard InChI is InChI=1S/C27H25N3O5/c31-25(28-16-22-10-6-14-33-22)18-34-26(32)13-12-20-17-30(21-8-2-1-3-9-21)29-27(20)24-15-19-7-4-5-11-23(19)35-24/h1-5,7-9,11-13,15,17,22H,6,10,14,16,18H2,(H,28,31). The highest BCUT2D eigenvalue weighted by atomic mass is 16.5. The van der Waals surface area contributed by atoms with Crippen molar-refractivity contribution in [3.8, 4) is 17.1 Å². The van der Waals surface area contributed by atoms with Crippen molar-refractivity contribution in [3.05, 3.63) is 78.5 Å². The first kappa shape index (κ1) is 22.6. The first-order valence-electron chi connectivity index (χ1n) is 11.5. The zero-order valence-electron chi connectivity index (χ0n) is 19.1. The number of benzene rings is 2. The summed E-state index contributed by atoms with van der Waals surface area (Å²) in [6, 6.07) is 19.3. The van der Waals surface area contributed by atoms with Gasteiger partial charge in [-0.3, -0.25) is 4.79 Å².